The summed E-state index contributed by atoms with van der Waals surface area (Å²) in [5.41, 5.74) is 0. The summed E-state index contributed by atoms with van der Waals surface area (Å²) in [7, 11) is 1.18. The number of nitrogens with one attached hydrogen (secondary N) is 1. The Hall–Kier alpha value is -1.56. The van der Waals surface area contributed by atoms with Crippen LogP contribution < -0.4 is 5.32 Å². The van der Waals surface area contributed by atoms with Crippen molar-refractivity contribution < 1.29 is 76.1 Å². The van der Waals surface area contributed by atoms with E-state index < -0.39 is 73.7 Å². The number of ether oxygens (including phenoxy) is 3. The highest BCUT2D eigenvalue weighted by Crippen LogP contribution is 2.60. The molecule has 1 rings (SSSR count). The zero-order chi connectivity index (χ0) is 26.1. The Balaban J connectivity index is 2.87. The largest absolute Gasteiger partial charge is 0.460 e. The van der Waals surface area contributed by atoms with Crippen LogP contribution in [0.4, 0.5) is 57.1 Å². The Morgan fingerprint density at radius 1 is 0.879 bits per heavy atom. The first kappa shape index (κ1) is 29.5. The normalized spacial score (nSPS) is 21.8. The summed E-state index contributed by atoms with van der Waals surface area (Å²) in [6.07, 6.45) is -12.5. The number of hydrogen-bond acceptors (Lipinski definition) is 4. The average molecular weight is 521 g/mol. The molecule has 33 heavy (non-hydrogen) atoms. The minimum Gasteiger partial charge on any atom is -0.353 e. The smallest absolute Gasteiger partial charge is 0.353 e. The summed E-state index contributed by atoms with van der Waals surface area (Å²) in [6.45, 7) is -1.52. The lowest BCUT2D eigenvalue weighted by Crippen LogP contribution is -2.70. The van der Waals surface area contributed by atoms with Crippen molar-refractivity contribution in [1.82, 2.24) is 5.32 Å². The summed E-state index contributed by atoms with van der Waals surface area (Å²) in [5, 5.41) is 1.88. The molecule has 18 heteroatoms. The maximum atomic E-state index is 13.6. The van der Waals surface area contributed by atoms with Gasteiger partial charge in [-0.2, -0.15) is 57.1 Å². The number of methoxy groups -OCH3 is 1. The van der Waals surface area contributed by atoms with Gasteiger partial charge in [0.15, 0.2) is 0 Å². The average Bonchev–Trinajstić information content (AvgIpc) is 2.69. The van der Waals surface area contributed by atoms with E-state index in [4.69, 9.17) is 9.47 Å². The van der Waals surface area contributed by atoms with Crippen molar-refractivity contribution in [2.24, 2.45) is 0 Å². The van der Waals surface area contributed by atoms with Gasteiger partial charge in [0, 0.05) is 26.5 Å². The Kier molecular flexibility index (Phi) is 8.57. The van der Waals surface area contributed by atoms with E-state index in [1.165, 1.54) is 7.11 Å². The van der Waals surface area contributed by atoms with Gasteiger partial charge < -0.3 is 19.5 Å². The fraction of sp³-hybridized carbons (Fsp3) is 0.933. The minimum atomic E-state index is -7.97. The summed E-state index contributed by atoms with van der Waals surface area (Å²) in [6, 6.07) is 0. The van der Waals surface area contributed by atoms with Crippen LogP contribution in [0, 0.1) is 0 Å². The number of alkyl halides is 13. The molecule has 0 saturated carbocycles. The molecule has 0 aromatic rings. The van der Waals surface area contributed by atoms with Gasteiger partial charge in [0.25, 0.3) is 6.48 Å². The highest BCUT2D eigenvalue weighted by molar-refractivity contribution is 5.75. The lowest BCUT2D eigenvalue weighted by Gasteiger charge is -2.39. The van der Waals surface area contributed by atoms with E-state index in [9.17, 15) is 61.9 Å². The quantitative estimate of drug-likeness (QED) is 0.435. The van der Waals surface area contributed by atoms with Crippen LogP contribution in [0.3, 0.4) is 0 Å². The monoisotopic (exact) mass is 521 g/mol. The molecule has 0 spiro atoms. The summed E-state index contributed by atoms with van der Waals surface area (Å²) < 4.78 is 184. The van der Waals surface area contributed by atoms with Gasteiger partial charge in [-0.25, -0.2) is 0 Å². The first-order valence-electron chi connectivity index (χ1n) is 8.68. The molecule has 0 bridgehead atoms. The van der Waals surface area contributed by atoms with Crippen LogP contribution in [-0.4, -0.2) is 74.5 Å². The molecule has 1 amide bonds. The number of carbonyl (C=O) groups is 1. The third kappa shape index (κ3) is 5.58. The van der Waals surface area contributed by atoms with Crippen molar-refractivity contribution in [3.05, 3.63) is 0 Å². The van der Waals surface area contributed by atoms with E-state index in [0.29, 0.717) is 0 Å². The van der Waals surface area contributed by atoms with Crippen molar-refractivity contribution in [3.63, 3.8) is 0 Å². The first-order chi connectivity index (χ1) is 14.7. The summed E-state index contributed by atoms with van der Waals surface area (Å²) in [4.78, 5) is 11.5. The molecule has 1 heterocycles. The van der Waals surface area contributed by atoms with Gasteiger partial charge >= 0.3 is 35.8 Å². The van der Waals surface area contributed by atoms with Gasteiger partial charge in [-0.1, -0.05) is 0 Å². The second-order valence-electron chi connectivity index (χ2n) is 6.75. The minimum absolute atomic E-state index is 0.0647. The van der Waals surface area contributed by atoms with Gasteiger partial charge in [-0.3, -0.25) is 4.79 Å². The third-order valence-corrected chi connectivity index (χ3v) is 4.38. The molecule has 0 aliphatic carbocycles. The van der Waals surface area contributed by atoms with Crippen LogP contribution in [0.15, 0.2) is 0 Å². The van der Waals surface area contributed by atoms with Crippen molar-refractivity contribution in [1.29, 1.82) is 0 Å². The number of hydrogen-bond donors (Lipinski definition) is 1. The van der Waals surface area contributed by atoms with Gasteiger partial charge in [-0.15, -0.1) is 0 Å². The summed E-state index contributed by atoms with van der Waals surface area (Å²) in [5.74, 6) is -38.8. The van der Waals surface area contributed by atoms with Crippen molar-refractivity contribution in [3.8, 4) is 0 Å². The molecule has 1 saturated heterocycles. The second-order valence-corrected chi connectivity index (χ2v) is 6.75. The van der Waals surface area contributed by atoms with Crippen LogP contribution in [0.1, 0.15) is 19.3 Å². The molecule has 2 atom stereocenters. The lowest BCUT2D eigenvalue weighted by atomic mass is 9.92. The van der Waals surface area contributed by atoms with E-state index >= 15 is 0 Å². The third-order valence-electron chi connectivity index (χ3n) is 4.38. The highest BCUT2D eigenvalue weighted by atomic mass is 19.4. The number of amides is 1. The van der Waals surface area contributed by atoms with Crippen molar-refractivity contribution in [2.45, 2.75) is 67.6 Å². The van der Waals surface area contributed by atoms with Crippen molar-refractivity contribution >= 4 is 5.91 Å². The molecule has 0 radical (unpaired) electrons. The van der Waals surface area contributed by atoms with Gasteiger partial charge in [0.1, 0.15) is 0 Å². The molecule has 1 aliphatic rings. The van der Waals surface area contributed by atoms with Gasteiger partial charge in [0.2, 0.25) is 5.91 Å². The predicted molar refractivity (Wildman–Crippen MR) is 79.3 cm³/mol. The fourth-order valence-corrected chi connectivity index (χ4v) is 2.38. The second kappa shape index (κ2) is 9.59. The standard InChI is InChI=1S/C15H16F13NO4/c1-31-9-32-5-3-7(33-9)6-29-8(30)2-4-10(16,17)11(18,19)12(20,21)13(22,23)14(24,25)15(26,27)28/h7,9H,2-6H2,1H3,(H,29,30). The van der Waals surface area contributed by atoms with Crippen LogP contribution >= 0.6 is 0 Å². The zero-order valence-electron chi connectivity index (χ0n) is 16.2. The maximum Gasteiger partial charge on any atom is 0.460 e. The highest BCUT2D eigenvalue weighted by Gasteiger charge is 2.90. The van der Waals surface area contributed by atoms with Gasteiger partial charge in [-0.05, 0) is 6.42 Å². The van der Waals surface area contributed by atoms with E-state index in [1.807, 2.05) is 5.32 Å². The van der Waals surface area contributed by atoms with Crippen LogP contribution in [0.5, 0.6) is 0 Å². The number of rotatable bonds is 10. The number of halogens is 13. The molecule has 1 aliphatic heterocycles. The fourth-order valence-electron chi connectivity index (χ4n) is 2.38. The van der Waals surface area contributed by atoms with E-state index in [1.54, 1.807) is 0 Å². The Morgan fingerprint density at radius 2 is 1.39 bits per heavy atom. The Bertz CT molecular complexity index is 683. The Labute approximate surface area is 176 Å². The number of carbonyl (C=O) groups excluding carboxylic acids is 1. The van der Waals surface area contributed by atoms with Gasteiger partial charge in [0.05, 0.1) is 12.7 Å². The molecule has 1 fully saturated rings. The van der Waals surface area contributed by atoms with Crippen LogP contribution in [0.2, 0.25) is 0 Å². The first-order valence-corrected chi connectivity index (χ1v) is 8.68. The molecule has 196 valence electrons. The molecule has 1 N–H and O–H groups in total. The van der Waals surface area contributed by atoms with Crippen molar-refractivity contribution in [2.75, 3.05) is 20.3 Å². The SMILES string of the molecule is COC1OCCC(CNC(=O)CCC(F)(F)C(F)(F)C(F)(F)C(F)(F)C(F)(F)C(F)(F)F)O1. The zero-order valence-corrected chi connectivity index (χ0v) is 16.2. The predicted octanol–water partition coefficient (Wildman–Crippen LogP) is 4.36. The van der Waals surface area contributed by atoms with E-state index in [0.717, 1.165) is 0 Å². The summed E-state index contributed by atoms with van der Waals surface area (Å²) >= 11 is 0. The molecular weight excluding hydrogens is 505 g/mol. The van der Waals surface area contributed by atoms with E-state index in [-0.39, 0.29) is 13.0 Å². The molecule has 2 unspecified atom stereocenters. The molecule has 0 aromatic heterocycles. The maximum absolute atomic E-state index is 13.6. The molecule has 5 nitrogen and oxygen atoms in total. The van der Waals surface area contributed by atoms with Crippen LogP contribution in [0.25, 0.3) is 0 Å². The Morgan fingerprint density at radius 3 is 1.88 bits per heavy atom. The lowest BCUT2D eigenvalue weighted by molar-refractivity contribution is -0.440. The van der Waals surface area contributed by atoms with Crippen LogP contribution in [-0.2, 0) is 19.0 Å². The van der Waals surface area contributed by atoms with E-state index in [2.05, 4.69) is 4.74 Å². The topological polar surface area (TPSA) is 56.8 Å². The molecule has 0 aromatic carbocycles. The molecular formula is C15H16F13NO4.